The van der Waals surface area contributed by atoms with E-state index in [0.29, 0.717) is 17.5 Å². The molecule has 22 heavy (non-hydrogen) atoms. The number of aromatic nitrogens is 3. The van der Waals surface area contributed by atoms with Crippen LogP contribution in [-0.4, -0.2) is 21.3 Å². The Kier molecular flexibility index (Phi) is 3.78. The molecule has 3 aromatic rings. The number of halogens is 1. The molecule has 5 heteroatoms. The second-order valence-corrected chi connectivity index (χ2v) is 4.85. The molecule has 0 aliphatic rings. The standard InChI is InChI=1S/C17H14FN3O/c1-2-12-7-9-13(10-8-12)21-17(16(11-22)19-20-21)14-5-3-4-6-15(14)18/h3-11H,2H2,1H3. The first kappa shape index (κ1) is 14.1. The number of carbonyl (C=O) groups is 1. The van der Waals surface area contributed by atoms with E-state index >= 15 is 0 Å². The summed E-state index contributed by atoms with van der Waals surface area (Å²) in [6.07, 6.45) is 1.52. The predicted molar refractivity (Wildman–Crippen MR) is 81.5 cm³/mol. The lowest BCUT2D eigenvalue weighted by atomic mass is 10.1. The summed E-state index contributed by atoms with van der Waals surface area (Å²) >= 11 is 0. The van der Waals surface area contributed by atoms with E-state index in [1.807, 2.05) is 24.3 Å². The number of carbonyl (C=O) groups excluding carboxylic acids is 1. The van der Waals surface area contributed by atoms with Crippen molar-refractivity contribution in [2.24, 2.45) is 0 Å². The highest BCUT2D eigenvalue weighted by Crippen LogP contribution is 2.26. The number of rotatable bonds is 4. The molecule has 0 spiro atoms. The third kappa shape index (κ3) is 2.41. The van der Waals surface area contributed by atoms with E-state index in [2.05, 4.69) is 17.2 Å². The fourth-order valence-electron chi connectivity index (χ4n) is 2.33. The maximum Gasteiger partial charge on any atom is 0.172 e. The summed E-state index contributed by atoms with van der Waals surface area (Å²) < 4.78 is 15.6. The van der Waals surface area contributed by atoms with Crippen LogP contribution in [0.4, 0.5) is 4.39 Å². The average molecular weight is 295 g/mol. The first-order valence-electron chi connectivity index (χ1n) is 6.99. The Labute approximate surface area is 127 Å². The van der Waals surface area contributed by atoms with Gasteiger partial charge in [-0.1, -0.05) is 36.4 Å². The highest BCUT2D eigenvalue weighted by atomic mass is 19.1. The van der Waals surface area contributed by atoms with Crippen molar-refractivity contribution in [2.45, 2.75) is 13.3 Å². The lowest BCUT2D eigenvalue weighted by Gasteiger charge is -2.08. The Bertz CT molecular complexity index is 809. The topological polar surface area (TPSA) is 47.8 Å². The summed E-state index contributed by atoms with van der Waals surface area (Å²) in [5, 5.41) is 7.85. The number of nitrogens with zero attached hydrogens (tertiary/aromatic N) is 3. The SMILES string of the molecule is CCc1ccc(-n2nnc(C=O)c2-c2ccccc2F)cc1. The molecule has 0 amide bonds. The van der Waals surface area contributed by atoms with Crippen LogP contribution < -0.4 is 0 Å². The minimum Gasteiger partial charge on any atom is -0.296 e. The van der Waals surface area contributed by atoms with Gasteiger partial charge < -0.3 is 0 Å². The number of aldehydes is 1. The quantitative estimate of drug-likeness (QED) is 0.693. The van der Waals surface area contributed by atoms with Crippen LogP contribution in [0.2, 0.25) is 0 Å². The Hall–Kier alpha value is -2.82. The lowest BCUT2D eigenvalue weighted by molar-refractivity contribution is 0.111. The van der Waals surface area contributed by atoms with E-state index in [-0.39, 0.29) is 5.69 Å². The van der Waals surface area contributed by atoms with Gasteiger partial charge in [-0.05, 0) is 36.2 Å². The van der Waals surface area contributed by atoms with Crippen molar-refractivity contribution < 1.29 is 9.18 Å². The molecule has 0 saturated carbocycles. The first-order chi connectivity index (χ1) is 10.7. The van der Waals surface area contributed by atoms with Gasteiger partial charge in [0.15, 0.2) is 12.0 Å². The first-order valence-corrected chi connectivity index (χ1v) is 6.99. The molecule has 0 N–H and O–H groups in total. The van der Waals surface area contributed by atoms with Crippen molar-refractivity contribution in [1.82, 2.24) is 15.0 Å². The summed E-state index contributed by atoms with van der Waals surface area (Å²) in [7, 11) is 0. The smallest absolute Gasteiger partial charge is 0.172 e. The van der Waals surface area contributed by atoms with Crippen molar-refractivity contribution in [3.05, 3.63) is 65.6 Å². The van der Waals surface area contributed by atoms with Crippen LogP contribution >= 0.6 is 0 Å². The highest BCUT2D eigenvalue weighted by molar-refractivity contribution is 5.84. The fraction of sp³-hybridized carbons (Fsp3) is 0.118. The van der Waals surface area contributed by atoms with E-state index in [1.165, 1.54) is 16.3 Å². The molecular weight excluding hydrogens is 281 g/mol. The van der Waals surface area contributed by atoms with E-state index < -0.39 is 5.82 Å². The van der Waals surface area contributed by atoms with Gasteiger partial charge in [0.05, 0.1) is 5.69 Å². The zero-order valence-electron chi connectivity index (χ0n) is 12.0. The van der Waals surface area contributed by atoms with Crippen molar-refractivity contribution in [2.75, 3.05) is 0 Å². The van der Waals surface area contributed by atoms with Crippen LogP contribution in [0.5, 0.6) is 0 Å². The molecular formula is C17H14FN3O. The Balaban J connectivity index is 2.19. The van der Waals surface area contributed by atoms with E-state index in [4.69, 9.17) is 0 Å². The Morgan fingerprint density at radius 1 is 1.14 bits per heavy atom. The van der Waals surface area contributed by atoms with Gasteiger partial charge in [-0.15, -0.1) is 5.10 Å². The summed E-state index contributed by atoms with van der Waals surface area (Å²) in [6, 6.07) is 14.0. The molecule has 110 valence electrons. The average Bonchev–Trinajstić information content (AvgIpc) is 2.99. The zero-order chi connectivity index (χ0) is 15.5. The van der Waals surface area contributed by atoms with Crippen LogP contribution in [-0.2, 0) is 6.42 Å². The maximum atomic E-state index is 14.1. The molecule has 2 aromatic carbocycles. The van der Waals surface area contributed by atoms with Crippen molar-refractivity contribution in [3.63, 3.8) is 0 Å². The Morgan fingerprint density at radius 2 is 1.86 bits per heavy atom. The predicted octanol–water partition coefficient (Wildman–Crippen LogP) is 3.45. The summed E-state index contributed by atoms with van der Waals surface area (Å²) in [5.74, 6) is -0.417. The zero-order valence-corrected chi connectivity index (χ0v) is 12.0. The molecule has 0 atom stereocenters. The molecule has 1 heterocycles. The van der Waals surface area contributed by atoms with Crippen LogP contribution in [0.25, 0.3) is 16.9 Å². The van der Waals surface area contributed by atoms with Crippen molar-refractivity contribution in [1.29, 1.82) is 0 Å². The van der Waals surface area contributed by atoms with Crippen LogP contribution in [0.1, 0.15) is 23.0 Å². The van der Waals surface area contributed by atoms with Gasteiger partial charge in [-0.25, -0.2) is 9.07 Å². The van der Waals surface area contributed by atoms with Crippen LogP contribution in [0, 0.1) is 5.82 Å². The van der Waals surface area contributed by atoms with Gasteiger partial charge in [-0.2, -0.15) is 0 Å². The fourth-order valence-corrected chi connectivity index (χ4v) is 2.33. The number of hydrogen-bond donors (Lipinski definition) is 0. The monoisotopic (exact) mass is 295 g/mol. The third-order valence-electron chi connectivity index (χ3n) is 3.53. The highest BCUT2D eigenvalue weighted by Gasteiger charge is 2.18. The lowest BCUT2D eigenvalue weighted by Crippen LogP contribution is -2.01. The number of aryl methyl sites for hydroxylation is 1. The molecule has 0 radical (unpaired) electrons. The van der Waals surface area contributed by atoms with Crippen LogP contribution in [0.3, 0.4) is 0 Å². The van der Waals surface area contributed by atoms with E-state index in [0.717, 1.165) is 12.1 Å². The van der Waals surface area contributed by atoms with Gasteiger partial charge in [0.25, 0.3) is 0 Å². The molecule has 3 rings (SSSR count). The summed E-state index contributed by atoms with van der Waals surface area (Å²) in [4.78, 5) is 11.2. The molecule has 1 aromatic heterocycles. The molecule has 0 aliphatic carbocycles. The van der Waals surface area contributed by atoms with Crippen molar-refractivity contribution >= 4 is 6.29 Å². The van der Waals surface area contributed by atoms with Gasteiger partial charge in [0, 0.05) is 5.56 Å². The molecule has 0 aliphatic heterocycles. The number of benzene rings is 2. The van der Waals surface area contributed by atoms with E-state index in [1.54, 1.807) is 18.2 Å². The summed E-state index contributed by atoms with van der Waals surface area (Å²) in [5.41, 5.74) is 2.69. The van der Waals surface area contributed by atoms with Crippen LogP contribution in [0.15, 0.2) is 48.5 Å². The van der Waals surface area contributed by atoms with Gasteiger partial charge in [0.1, 0.15) is 11.5 Å². The molecule has 0 bridgehead atoms. The largest absolute Gasteiger partial charge is 0.296 e. The normalized spacial score (nSPS) is 10.6. The molecule has 0 saturated heterocycles. The van der Waals surface area contributed by atoms with Gasteiger partial charge >= 0.3 is 0 Å². The third-order valence-corrected chi connectivity index (χ3v) is 3.53. The second kappa shape index (κ2) is 5.89. The van der Waals surface area contributed by atoms with Crippen molar-refractivity contribution in [3.8, 4) is 16.9 Å². The van der Waals surface area contributed by atoms with Gasteiger partial charge in [-0.3, -0.25) is 4.79 Å². The summed E-state index contributed by atoms with van der Waals surface area (Å²) in [6.45, 7) is 2.07. The minimum absolute atomic E-state index is 0.115. The maximum absolute atomic E-state index is 14.1. The molecule has 0 unspecified atom stereocenters. The minimum atomic E-state index is -0.417. The van der Waals surface area contributed by atoms with Gasteiger partial charge in [0.2, 0.25) is 0 Å². The molecule has 4 nitrogen and oxygen atoms in total. The second-order valence-electron chi connectivity index (χ2n) is 4.85. The van der Waals surface area contributed by atoms with E-state index in [9.17, 15) is 9.18 Å². The Morgan fingerprint density at radius 3 is 2.50 bits per heavy atom. The molecule has 0 fully saturated rings. The number of hydrogen-bond acceptors (Lipinski definition) is 3.